The van der Waals surface area contributed by atoms with Crippen molar-refractivity contribution in [1.29, 1.82) is 0 Å². The minimum absolute atomic E-state index is 0.229. The fourth-order valence-corrected chi connectivity index (χ4v) is 1.32. The van der Waals surface area contributed by atoms with Gasteiger partial charge in [0.05, 0.1) is 23.1 Å². The van der Waals surface area contributed by atoms with Gasteiger partial charge in [0.2, 0.25) is 5.78 Å². The van der Waals surface area contributed by atoms with Crippen LogP contribution in [0.15, 0.2) is 30.5 Å². The molecule has 0 saturated carbocycles. The van der Waals surface area contributed by atoms with Crippen molar-refractivity contribution in [2.24, 2.45) is 0 Å². The van der Waals surface area contributed by atoms with Gasteiger partial charge in [0.25, 0.3) is 0 Å². The topological polar surface area (TPSA) is 80.1 Å². The molecule has 1 N–H and O–H groups in total. The highest BCUT2D eigenvalue weighted by Gasteiger charge is 2.13. The zero-order valence-corrected chi connectivity index (χ0v) is 8.25. The van der Waals surface area contributed by atoms with E-state index in [1.54, 1.807) is 18.2 Å². The van der Waals surface area contributed by atoms with E-state index < -0.39 is 11.8 Å². The molecule has 0 bridgehead atoms. The van der Waals surface area contributed by atoms with Crippen LogP contribution in [0.2, 0.25) is 0 Å². The van der Waals surface area contributed by atoms with Crippen molar-refractivity contribution in [3.05, 3.63) is 36.2 Å². The number of nitrogens with zero attached hydrogens (tertiary/aromatic N) is 2. The van der Waals surface area contributed by atoms with Crippen LogP contribution in [0.25, 0.3) is 11.0 Å². The van der Waals surface area contributed by atoms with Crippen molar-refractivity contribution in [2.75, 3.05) is 0 Å². The highest BCUT2D eigenvalue weighted by Crippen LogP contribution is 2.08. The predicted octanol–water partition coefficient (Wildman–Crippen LogP) is 0.826. The normalized spacial score (nSPS) is 10.2. The Morgan fingerprint density at radius 3 is 2.56 bits per heavy atom. The first-order valence-electron chi connectivity index (χ1n) is 4.63. The molecule has 2 aromatic rings. The standard InChI is InChI=1S/C11H8N2O3/c14-10(11(15)16)5-7-6-12-8-3-1-2-4-9(8)13-7/h1-4,6H,5H2,(H,15,16). The molecule has 0 fully saturated rings. The molecule has 0 saturated heterocycles. The second-order valence-corrected chi connectivity index (χ2v) is 3.26. The third-order valence-corrected chi connectivity index (χ3v) is 2.08. The number of aliphatic carboxylic acids is 1. The molecule has 0 spiro atoms. The van der Waals surface area contributed by atoms with Gasteiger partial charge in [-0.25, -0.2) is 9.78 Å². The molecule has 1 heterocycles. The molecule has 0 aliphatic carbocycles. The lowest BCUT2D eigenvalue weighted by atomic mass is 10.2. The van der Waals surface area contributed by atoms with Crippen molar-refractivity contribution in [1.82, 2.24) is 9.97 Å². The molecule has 5 heteroatoms. The molecular weight excluding hydrogens is 208 g/mol. The molecule has 0 atom stereocenters. The second kappa shape index (κ2) is 4.06. The molecule has 0 amide bonds. The summed E-state index contributed by atoms with van der Waals surface area (Å²) in [5.41, 5.74) is 1.73. The Morgan fingerprint density at radius 1 is 1.19 bits per heavy atom. The van der Waals surface area contributed by atoms with E-state index >= 15 is 0 Å². The molecule has 80 valence electrons. The summed E-state index contributed by atoms with van der Waals surface area (Å²) in [4.78, 5) is 29.6. The van der Waals surface area contributed by atoms with Crippen LogP contribution < -0.4 is 0 Å². The largest absolute Gasteiger partial charge is 0.475 e. The van der Waals surface area contributed by atoms with Gasteiger partial charge < -0.3 is 5.11 Å². The van der Waals surface area contributed by atoms with E-state index in [9.17, 15) is 9.59 Å². The molecule has 1 aromatic carbocycles. The van der Waals surface area contributed by atoms with Gasteiger partial charge in [0.15, 0.2) is 0 Å². The van der Waals surface area contributed by atoms with Crippen LogP contribution in [0.1, 0.15) is 5.69 Å². The van der Waals surface area contributed by atoms with E-state index in [2.05, 4.69) is 9.97 Å². The number of rotatable bonds is 3. The summed E-state index contributed by atoms with van der Waals surface area (Å²) in [5.74, 6) is -2.33. The van der Waals surface area contributed by atoms with Gasteiger partial charge >= 0.3 is 5.97 Å². The number of hydrogen-bond donors (Lipinski definition) is 1. The number of carboxylic acids is 1. The monoisotopic (exact) mass is 216 g/mol. The Labute approximate surface area is 90.8 Å². The van der Waals surface area contributed by atoms with Gasteiger partial charge in [0, 0.05) is 6.20 Å². The third-order valence-electron chi connectivity index (χ3n) is 2.08. The number of Topliss-reactive ketones (excluding diaryl/α,β-unsaturated/α-hetero) is 1. The summed E-state index contributed by atoms with van der Waals surface area (Å²) in [7, 11) is 0. The molecule has 2 rings (SSSR count). The third kappa shape index (κ3) is 2.03. The number of aromatic nitrogens is 2. The zero-order chi connectivity index (χ0) is 11.5. The van der Waals surface area contributed by atoms with Crippen molar-refractivity contribution < 1.29 is 14.7 Å². The first-order chi connectivity index (χ1) is 7.66. The minimum atomic E-state index is -1.45. The SMILES string of the molecule is O=C(O)C(=O)Cc1cnc2ccccc2n1. The minimum Gasteiger partial charge on any atom is -0.475 e. The van der Waals surface area contributed by atoms with Gasteiger partial charge in [-0.05, 0) is 12.1 Å². The lowest BCUT2D eigenvalue weighted by Crippen LogP contribution is -2.15. The first kappa shape index (κ1) is 10.2. The first-order valence-corrected chi connectivity index (χ1v) is 4.63. The molecule has 0 aliphatic heterocycles. The van der Waals surface area contributed by atoms with Gasteiger partial charge in [-0.15, -0.1) is 0 Å². The number of para-hydroxylation sites is 2. The second-order valence-electron chi connectivity index (χ2n) is 3.26. The number of ketones is 1. The average Bonchev–Trinajstić information content (AvgIpc) is 2.28. The average molecular weight is 216 g/mol. The van der Waals surface area contributed by atoms with Crippen molar-refractivity contribution in [2.45, 2.75) is 6.42 Å². The van der Waals surface area contributed by atoms with Crippen molar-refractivity contribution >= 4 is 22.8 Å². The Balaban J connectivity index is 2.33. The number of carbonyl (C=O) groups excluding carboxylic acids is 1. The fraction of sp³-hybridized carbons (Fsp3) is 0.0909. The highest BCUT2D eigenvalue weighted by atomic mass is 16.4. The summed E-state index contributed by atoms with van der Waals surface area (Å²) in [6.45, 7) is 0. The van der Waals surface area contributed by atoms with Crippen LogP contribution in [0.3, 0.4) is 0 Å². The molecule has 0 unspecified atom stereocenters. The molecule has 0 aliphatic rings. The maximum Gasteiger partial charge on any atom is 0.372 e. The summed E-state index contributed by atoms with van der Waals surface area (Å²) in [6, 6.07) is 7.20. The smallest absolute Gasteiger partial charge is 0.372 e. The van der Waals surface area contributed by atoms with Crippen molar-refractivity contribution in [3.8, 4) is 0 Å². The van der Waals surface area contributed by atoms with E-state index in [0.29, 0.717) is 16.7 Å². The van der Waals surface area contributed by atoms with Crippen LogP contribution in [0.4, 0.5) is 0 Å². The maximum atomic E-state index is 11.0. The van der Waals surface area contributed by atoms with Crippen LogP contribution in [-0.2, 0) is 16.0 Å². The Hall–Kier alpha value is -2.30. The van der Waals surface area contributed by atoms with E-state index in [-0.39, 0.29) is 6.42 Å². The Morgan fingerprint density at radius 2 is 1.88 bits per heavy atom. The summed E-state index contributed by atoms with van der Waals surface area (Å²) < 4.78 is 0. The van der Waals surface area contributed by atoms with E-state index in [1.807, 2.05) is 6.07 Å². The predicted molar refractivity (Wildman–Crippen MR) is 55.9 cm³/mol. The lowest BCUT2D eigenvalue weighted by Gasteiger charge is -1.99. The highest BCUT2D eigenvalue weighted by molar-refractivity contribution is 6.33. The van der Waals surface area contributed by atoms with E-state index in [1.165, 1.54) is 6.20 Å². The van der Waals surface area contributed by atoms with E-state index in [4.69, 9.17) is 5.11 Å². The van der Waals surface area contributed by atoms with Gasteiger partial charge in [-0.2, -0.15) is 0 Å². The van der Waals surface area contributed by atoms with Gasteiger partial charge in [-0.3, -0.25) is 9.78 Å². The van der Waals surface area contributed by atoms with Gasteiger partial charge in [0.1, 0.15) is 0 Å². The number of fused-ring (bicyclic) bond motifs is 1. The number of carbonyl (C=O) groups is 2. The Kier molecular flexibility index (Phi) is 2.59. The molecule has 1 aromatic heterocycles. The quantitative estimate of drug-likeness (QED) is 0.768. The molecule has 5 nitrogen and oxygen atoms in total. The lowest BCUT2D eigenvalue weighted by molar-refractivity contribution is -0.148. The zero-order valence-electron chi connectivity index (χ0n) is 8.25. The number of carboxylic acid groups (broad SMARTS) is 1. The Bertz CT molecular complexity index is 566. The maximum absolute atomic E-state index is 11.0. The number of hydrogen-bond acceptors (Lipinski definition) is 4. The fourth-order valence-electron chi connectivity index (χ4n) is 1.32. The van der Waals surface area contributed by atoms with Crippen molar-refractivity contribution in [3.63, 3.8) is 0 Å². The van der Waals surface area contributed by atoms with Crippen LogP contribution in [0, 0.1) is 0 Å². The summed E-state index contributed by atoms with van der Waals surface area (Å²) in [6.07, 6.45) is 1.19. The summed E-state index contributed by atoms with van der Waals surface area (Å²) in [5, 5.41) is 8.46. The molecule has 16 heavy (non-hydrogen) atoms. The van der Waals surface area contributed by atoms with Crippen LogP contribution >= 0.6 is 0 Å². The molecular formula is C11H8N2O3. The van der Waals surface area contributed by atoms with E-state index in [0.717, 1.165) is 0 Å². The summed E-state index contributed by atoms with van der Waals surface area (Å²) >= 11 is 0. The van der Waals surface area contributed by atoms with Crippen LogP contribution in [-0.4, -0.2) is 26.8 Å². The van der Waals surface area contributed by atoms with Crippen LogP contribution in [0.5, 0.6) is 0 Å². The molecule has 0 radical (unpaired) electrons. The van der Waals surface area contributed by atoms with Gasteiger partial charge in [-0.1, -0.05) is 12.1 Å². The number of benzene rings is 1.